The Balaban J connectivity index is 1.20. The lowest BCUT2D eigenvalue weighted by molar-refractivity contribution is -0.215. The molecule has 0 N–H and O–H groups in total. The molecule has 0 radical (unpaired) electrons. The number of esters is 1. The predicted octanol–water partition coefficient (Wildman–Crippen LogP) is 9.32. The second-order valence-electron chi connectivity index (χ2n) is 11.0. The highest BCUT2D eigenvalue weighted by molar-refractivity contribution is 5.76. The molecule has 0 aliphatic carbocycles. The maximum absolute atomic E-state index is 15.0. The van der Waals surface area contributed by atoms with Crippen LogP contribution in [0.25, 0.3) is 22.3 Å². The first-order valence-electron chi connectivity index (χ1n) is 14.8. The number of hydrogen-bond acceptors (Lipinski definition) is 5. The van der Waals surface area contributed by atoms with Crippen molar-refractivity contribution < 1.29 is 54.5 Å². The van der Waals surface area contributed by atoms with E-state index in [1.165, 1.54) is 24.3 Å². The Labute approximate surface area is 265 Å². The molecule has 5 nitrogen and oxygen atoms in total. The molecular weight excluding hydrogens is 633 g/mol. The van der Waals surface area contributed by atoms with Gasteiger partial charge in [0.15, 0.2) is 17.5 Å². The summed E-state index contributed by atoms with van der Waals surface area (Å²) in [4.78, 5) is 12.4. The van der Waals surface area contributed by atoms with E-state index < -0.39 is 53.0 Å². The minimum Gasteiger partial charge on any atom is -0.429 e. The standard InChI is InChI=1S/C35H29F7O5/c1-2-3-4-5-20-18-44-34(45-19-20)33(43)46-25-11-13-27(29(37)17-25)35(41,42)47-24-9-6-21(7-10-24)22-8-12-26(28(36)14-22)23-15-30(38)32(40)31(39)16-23/h6-17,20,34H,2-5,18-19H2,1H3. The van der Waals surface area contributed by atoms with Crippen LogP contribution >= 0.6 is 0 Å². The quantitative estimate of drug-likeness (QED) is 0.0527. The number of hydrogen-bond donors (Lipinski definition) is 0. The zero-order valence-corrected chi connectivity index (χ0v) is 25.0. The molecule has 4 aromatic carbocycles. The van der Waals surface area contributed by atoms with Crippen LogP contribution in [0.5, 0.6) is 11.5 Å². The third kappa shape index (κ3) is 8.12. The third-order valence-electron chi connectivity index (χ3n) is 7.55. The van der Waals surface area contributed by atoms with Crippen LogP contribution in [-0.4, -0.2) is 25.5 Å². The van der Waals surface area contributed by atoms with E-state index in [4.69, 9.17) is 18.9 Å². The summed E-state index contributed by atoms with van der Waals surface area (Å²) in [7, 11) is 0. The van der Waals surface area contributed by atoms with Gasteiger partial charge in [0.25, 0.3) is 6.29 Å². The van der Waals surface area contributed by atoms with Crippen molar-refractivity contribution in [1.82, 2.24) is 0 Å². The van der Waals surface area contributed by atoms with Gasteiger partial charge < -0.3 is 18.9 Å². The summed E-state index contributed by atoms with van der Waals surface area (Å²) < 4.78 is 121. The summed E-state index contributed by atoms with van der Waals surface area (Å²) in [5.74, 6) is -8.35. The molecule has 4 aromatic rings. The van der Waals surface area contributed by atoms with Gasteiger partial charge in [-0.05, 0) is 65.6 Å². The molecule has 0 unspecified atom stereocenters. The van der Waals surface area contributed by atoms with E-state index >= 15 is 0 Å². The molecule has 1 heterocycles. The van der Waals surface area contributed by atoms with Gasteiger partial charge in [0.2, 0.25) is 0 Å². The SMILES string of the molecule is CCCCCC1COC(C(=O)Oc2ccc(C(F)(F)Oc3ccc(-c4ccc(-c5cc(F)c(F)c(F)c5)c(F)c4)cc3)c(F)c2)OC1. The number of rotatable bonds is 11. The first kappa shape index (κ1) is 33.9. The molecule has 1 fully saturated rings. The summed E-state index contributed by atoms with van der Waals surface area (Å²) in [6, 6.07) is 12.4. The van der Waals surface area contributed by atoms with Crippen LogP contribution in [0.4, 0.5) is 30.7 Å². The minimum absolute atomic E-state index is 0.144. The Hall–Kier alpha value is -4.42. The van der Waals surface area contributed by atoms with Gasteiger partial charge in [0.05, 0.1) is 13.2 Å². The van der Waals surface area contributed by atoms with Crippen molar-refractivity contribution in [2.75, 3.05) is 13.2 Å². The summed E-state index contributed by atoms with van der Waals surface area (Å²) in [5.41, 5.74) is -0.852. The maximum Gasteiger partial charge on any atom is 0.429 e. The van der Waals surface area contributed by atoms with Crippen LogP contribution in [0, 0.1) is 35.0 Å². The average Bonchev–Trinajstić information content (AvgIpc) is 3.04. The number of halogens is 7. The zero-order chi connectivity index (χ0) is 33.7. The van der Waals surface area contributed by atoms with Crippen molar-refractivity contribution in [2.45, 2.75) is 45.0 Å². The first-order chi connectivity index (χ1) is 22.4. The monoisotopic (exact) mass is 662 g/mol. The van der Waals surface area contributed by atoms with Gasteiger partial charge in [-0.15, -0.1) is 0 Å². The Bertz CT molecular complexity index is 1700. The van der Waals surface area contributed by atoms with Crippen LogP contribution in [0.3, 0.4) is 0 Å². The van der Waals surface area contributed by atoms with Crippen molar-refractivity contribution in [3.05, 3.63) is 107 Å². The van der Waals surface area contributed by atoms with Crippen molar-refractivity contribution >= 4 is 5.97 Å². The Morgan fingerprint density at radius 1 is 0.745 bits per heavy atom. The van der Waals surface area contributed by atoms with E-state index in [0.29, 0.717) is 42.5 Å². The molecule has 0 aromatic heterocycles. The number of ether oxygens (including phenoxy) is 4. The second kappa shape index (κ2) is 14.6. The van der Waals surface area contributed by atoms with E-state index in [2.05, 4.69) is 6.92 Å². The molecule has 5 rings (SSSR count). The molecule has 1 aliphatic rings. The fraction of sp³-hybridized carbons (Fsp3) is 0.286. The zero-order valence-electron chi connectivity index (χ0n) is 25.0. The molecule has 248 valence electrons. The third-order valence-corrected chi connectivity index (χ3v) is 7.55. The van der Waals surface area contributed by atoms with Crippen LogP contribution < -0.4 is 9.47 Å². The summed E-state index contributed by atoms with van der Waals surface area (Å²) >= 11 is 0. The first-order valence-corrected chi connectivity index (χ1v) is 14.8. The highest BCUT2D eigenvalue weighted by atomic mass is 19.3. The van der Waals surface area contributed by atoms with E-state index in [9.17, 15) is 35.5 Å². The van der Waals surface area contributed by atoms with Crippen LogP contribution in [0.2, 0.25) is 0 Å². The fourth-order valence-corrected chi connectivity index (χ4v) is 5.05. The van der Waals surface area contributed by atoms with Crippen molar-refractivity contribution in [3.63, 3.8) is 0 Å². The lowest BCUT2D eigenvalue weighted by Crippen LogP contribution is -2.39. The van der Waals surface area contributed by atoms with Crippen LogP contribution in [0.1, 0.15) is 38.2 Å². The normalized spacial score (nSPS) is 16.6. The lowest BCUT2D eigenvalue weighted by Gasteiger charge is -2.28. The molecule has 1 saturated heterocycles. The lowest BCUT2D eigenvalue weighted by atomic mass is 9.99. The van der Waals surface area contributed by atoms with E-state index in [1.54, 1.807) is 0 Å². The van der Waals surface area contributed by atoms with E-state index in [1.807, 2.05) is 0 Å². The largest absolute Gasteiger partial charge is 0.429 e. The Morgan fingerprint density at radius 2 is 1.36 bits per heavy atom. The topological polar surface area (TPSA) is 54.0 Å². The molecular formula is C35H29F7O5. The number of carbonyl (C=O) groups is 1. The van der Waals surface area contributed by atoms with Crippen LogP contribution in [-0.2, 0) is 20.4 Å². The Morgan fingerprint density at radius 3 is 1.98 bits per heavy atom. The van der Waals surface area contributed by atoms with Crippen molar-refractivity contribution in [2.24, 2.45) is 5.92 Å². The van der Waals surface area contributed by atoms with Gasteiger partial charge in [-0.25, -0.2) is 26.7 Å². The maximum atomic E-state index is 15.0. The molecule has 0 bridgehead atoms. The van der Waals surface area contributed by atoms with Gasteiger partial charge in [0.1, 0.15) is 28.7 Å². The smallest absolute Gasteiger partial charge is 0.429 e. The van der Waals surface area contributed by atoms with Crippen molar-refractivity contribution in [1.29, 1.82) is 0 Å². The van der Waals surface area contributed by atoms with Gasteiger partial charge in [-0.1, -0.05) is 50.5 Å². The number of benzene rings is 4. The Kier molecular flexibility index (Phi) is 10.5. The van der Waals surface area contributed by atoms with Crippen LogP contribution in [0.15, 0.2) is 72.8 Å². The number of alkyl halides is 2. The molecule has 0 atom stereocenters. The predicted molar refractivity (Wildman–Crippen MR) is 157 cm³/mol. The molecule has 12 heteroatoms. The average molecular weight is 663 g/mol. The summed E-state index contributed by atoms with van der Waals surface area (Å²) in [5, 5.41) is 0. The van der Waals surface area contributed by atoms with Crippen molar-refractivity contribution in [3.8, 4) is 33.8 Å². The van der Waals surface area contributed by atoms with Gasteiger partial charge in [0, 0.05) is 17.5 Å². The molecule has 0 saturated carbocycles. The number of unbranched alkanes of at least 4 members (excludes halogenated alkanes) is 2. The minimum atomic E-state index is -4.13. The second-order valence-corrected chi connectivity index (χ2v) is 11.0. The highest BCUT2D eigenvalue weighted by Gasteiger charge is 2.38. The summed E-state index contributed by atoms with van der Waals surface area (Å²) in [6.07, 6.45) is -1.39. The van der Waals surface area contributed by atoms with Gasteiger partial charge in [-0.3, -0.25) is 0 Å². The fourth-order valence-electron chi connectivity index (χ4n) is 5.05. The van der Waals surface area contributed by atoms with Gasteiger partial charge >= 0.3 is 12.1 Å². The van der Waals surface area contributed by atoms with Gasteiger partial charge in [-0.2, -0.15) is 8.78 Å². The molecule has 0 spiro atoms. The summed E-state index contributed by atoms with van der Waals surface area (Å²) in [6.45, 7) is 2.69. The molecule has 1 aliphatic heterocycles. The molecule has 47 heavy (non-hydrogen) atoms. The molecule has 0 amide bonds. The van der Waals surface area contributed by atoms with E-state index in [-0.39, 0.29) is 28.5 Å². The van der Waals surface area contributed by atoms with E-state index in [0.717, 1.165) is 56.0 Å². The highest BCUT2D eigenvalue weighted by Crippen LogP contribution is 2.36. The number of carbonyl (C=O) groups excluding carboxylic acids is 1.